The quantitative estimate of drug-likeness (QED) is 0.541. The monoisotopic (exact) mass is 193 g/mol. The number of nitrogens with two attached hydrogens (primary N) is 1. The number of ether oxygens (including phenoxy) is 1. The van der Waals surface area contributed by atoms with E-state index in [1.54, 1.807) is 5.38 Å². The van der Waals surface area contributed by atoms with Crippen LogP contribution in [0.4, 0.5) is 0 Å². The zero-order valence-electron chi connectivity index (χ0n) is 5.83. The number of nitrogens with one attached hydrogen (secondary N) is 1. The minimum atomic E-state index is -0.0573. The molecule has 1 heterocycles. The van der Waals surface area contributed by atoms with Gasteiger partial charge in [0.25, 0.3) is 0 Å². The van der Waals surface area contributed by atoms with E-state index >= 15 is 0 Å². The number of nitrogen functional groups attached to an aromatic ring is 1. The standard InChI is InChI=1S/C5H7N3OS.ClH/c1-9-3-2-10-8-4(3)5(6)7;/h2H,1H3,(H3,6,7);1H. The van der Waals surface area contributed by atoms with Gasteiger partial charge >= 0.3 is 0 Å². The van der Waals surface area contributed by atoms with Gasteiger partial charge < -0.3 is 10.5 Å². The summed E-state index contributed by atoms with van der Waals surface area (Å²) < 4.78 is 8.73. The van der Waals surface area contributed by atoms with E-state index in [2.05, 4.69) is 4.37 Å². The molecule has 11 heavy (non-hydrogen) atoms. The van der Waals surface area contributed by atoms with Crippen molar-refractivity contribution in [3.05, 3.63) is 11.1 Å². The fraction of sp³-hybridized carbons (Fsp3) is 0.200. The van der Waals surface area contributed by atoms with Crippen molar-refractivity contribution in [3.63, 3.8) is 0 Å². The molecule has 4 nitrogen and oxygen atoms in total. The second kappa shape index (κ2) is 4.15. The van der Waals surface area contributed by atoms with Crippen LogP contribution >= 0.6 is 23.9 Å². The van der Waals surface area contributed by atoms with Crippen molar-refractivity contribution < 1.29 is 4.74 Å². The van der Waals surface area contributed by atoms with Crippen molar-refractivity contribution in [1.29, 1.82) is 5.41 Å². The first-order chi connectivity index (χ1) is 4.75. The van der Waals surface area contributed by atoms with Crippen molar-refractivity contribution in [3.8, 4) is 5.75 Å². The minimum Gasteiger partial charge on any atom is -0.493 e. The second-order valence-corrected chi connectivity index (χ2v) is 2.27. The number of hydrogen-bond acceptors (Lipinski definition) is 4. The van der Waals surface area contributed by atoms with Crippen molar-refractivity contribution in [2.75, 3.05) is 7.11 Å². The summed E-state index contributed by atoms with van der Waals surface area (Å²) >= 11 is 1.22. The molecule has 0 aliphatic rings. The first-order valence-electron chi connectivity index (χ1n) is 2.58. The Labute approximate surface area is 74.5 Å². The fourth-order valence-corrected chi connectivity index (χ4v) is 1.20. The molecular formula is C5H8ClN3OS. The molecule has 0 bridgehead atoms. The predicted molar refractivity (Wildman–Crippen MR) is 46.9 cm³/mol. The van der Waals surface area contributed by atoms with Crippen LogP contribution in [-0.4, -0.2) is 17.3 Å². The first kappa shape index (κ1) is 10.2. The molecular weight excluding hydrogens is 186 g/mol. The maximum absolute atomic E-state index is 7.04. The number of halogens is 1. The normalized spacial score (nSPS) is 8.45. The van der Waals surface area contributed by atoms with Gasteiger partial charge in [-0.2, -0.15) is 4.37 Å². The Bertz CT molecular complexity index is 250. The van der Waals surface area contributed by atoms with Crippen LogP contribution in [0.1, 0.15) is 5.69 Å². The molecule has 3 N–H and O–H groups in total. The van der Waals surface area contributed by atoms with Gasteiger partial charge in [-0.25, -0.2) is 0 Å². The Balaban J connectivity index is 0.000001000. The van der Waals surface area contributed by atoms with Crippen LogP contribution in [0.15, 0.2) is 5.38 Å². The van der Waals surface area contributed by atoms with Gasteiger partial charge in [-0.15, -0.1) is 12.4 Å². The molecule has 0 aromatic carbocycles. The summed E-state index contributed by atoms with van der Waals surface area (Å²) in [6, 6.07) is 0. The van der Waals surface area contributed by atoms with E-state index < -0.39 is 0 Å². The Morgan fingerprint density at radius 2 is 2.45 bits per heavy atom. The Morgan fingerprint density at radius 3 is 2.82 bits per heavy atom. The largest absolute Gasteiger partial charge is 0.493 e. The zero-order valence-corrected chi connectivity index (χ0v) is 7.46. The van der Waals surface area contributed by atoms with Gasteiger partial charge in [0.05, 0.1) is 12.5 Å². The van der Waals surface area contributed by atoms with Crippen LogP contribution in [0.3, 0.4) is 0 Å². The summed E-state index contributed by atoms with van der Waals surface area (Å²) in [6.45, 7) is 0. The molecule has 62 valence electrons. The average Bonchev–Trinajstić information content (AvgIpc) is 2.33. The highest BCUT2D eigenvalue weighted by Gasteiger charge is 2.07. The fourth-order valence-electron chi connectivity index (χ4n) is 0.554. The van der Waals surface area contributed by atoms with Gasteiger partial charge in [0, 0.05) is 0 Å². The molecule has 0 unspecified atom stereocenters. The lowest BCUT2D eigenvalue weighted by Gasteiger charge is -1.95. The number of rotatable bonds is 2. The van der Waals surface area contributed by atoms with Crippen LogP contribution in [0.5, 0.6) is 5.75 Å². The third-order valence-corrected chi connectivity index (χ3v) is 1.62. The summed E-state index contributed by atoms with van der Waals surface area (Å²) in [5.74, 6) is 0.510. The summed E-state index contributed by atoms with van der Waals surface area (Å²) in [6.07, 6.45) is 0. The molecule has 0 saturated carbocycles. The van der Waals surface area contributed by atoms with Crippen LogP contribution in [-0.2, 0) is 0 Å². The van der Waals surface area contributed by atoms with E-state index in [0.29, 0.717) is 11.4 Å². The highest BCUT2D eigenvalue weighted by molar-refractivity contribution is 7.04. The number of nitrogens with zero attached hydrogens (tertiary/aromatic N) is 1. The third-order valence-electron chi connectivity index (χ3n) is 1.01. The Kier molecular flexibility index (Phi) is 3.84. The van der Waals surface area contributed by atoms with E-state index in [9.17, 15) is 0 Å². The van der Waals surface area contributed by atoms with Crippen LogP contribution in [0, 0.1) is 5.41 Å². The topological polar surface area (TPSA) is 72.0 Å². The van der Waals surface area contributed by atoms with Gasteiger partial charge in [-0.1, -0.05) is 0 Å². The number of aromatic nitrogens is 1. The average molecular weight is 194 g/mol. The molecule has 0 atom stereocenters. The Morgan fingerprint density at radius 1 is 1.82 bits per heavy atom. The predicted octanol–water partition coefficient (Wildman–Crippen LogP) is 0.858. The molecule has 0 aliphatic carbocycles. The SMILES string of the molecule is COc1csnc1C(=N)N.Cl. The van der Waals surface area contributed by atoms with Gasteiger partial charge in [0.15, 0.2) is 11.4 Å². The first-order valence-corrected chi connectivity index (χ1v) is 3.42. The molecule has 0 fully saturated rings. The van der Waals surface area contributed by atoms with E-state index in [1.165, 1.54) is 18.6 Å². The zero-order chi connectivity index (χ0) is 7.56. The molecule has 0 amide bonds. The molecule has 1 aromatic heterocycles. The van der Waals surface area contributed by atoms with Crippen LogP contribution in [0.2, 0.25) is 0 Å². The lowest BCUT2D eigenvalue weighted by Crippen LogP contribution is -2.12. The highest BCUT2D eigenvalue weighted by atomic mass is 35.5. The maximum atomic E-state index is 7.04. The van der Waals surface area contributed by atoms with Gasteiger partial charge in [-0.05, 0) is 11.5 Å². The summed E-state index contributed by atoms with van der Waals surface area (Å²) in [5, 5.41) is 8.74. The van der Waals surface area contributed by atoms with Crippen LogP contribution < -0.4 is 10.5 Å². The number of amidine groups is 1. The summed E-state index contributed by atoms with van der Waals surface area (Å²) in [7, 11) is 1.52. The minimum absolute atomic E-state index is 0. The van der Waals surface area contributed by atoms with Gasteiger partial charge in [-0.3, -0.25) is 5.41 Å². The van der Waals surface area contributed by atoms with Crippen molar-refractivity contribution in [2.45, 2.75) is 0 Å². The molecule has 1 aromatic rings. The summed E-state index contributed by atoms with van der Waals surface area (Å²) in [5.41, 5.74) is 5.61. The molecule has 1 rings (SSSR count). The lowest BCUT2D eigenvalue weighted by atomic mass is 10.4. The van der Waals surface area contributed by atoms with E-state index in [4.69, 9.17) is 15.9 Å². The molecule has 0 aliphatic heterocycles. The van der Waals surface area contributed by atoms with Crippen LogP contribution in [0.25, 0.3) is 0 Å². The van der Waals surface area contributed by atoms with Crippen molar-refractivity contribution in [2.24, 2.45) is 5.73 Å². The van der Waals surface area contributed by atoms with Gasteiger partial charge in [0.2, 0.25) is 0 Å². The van der Waals surface area contributed by atoms with E-state index in [0.717, 1.165) is 0 Å². The highest BCUT2D eigenvalue weighted by Crippen LogP contribution is 2.17. The molecule has 0 spiro atoms. The number of hydrogen-bond donors (Lipinski definition) is 2. The number of methoxy groups -OCH3 is 1. The van der Waals surface area contributed by atoms with Crippen molar-refractivity contribution >= 4 is 29.8 Å². The molecule has 0 saturated heterocycles. The summed E-state index contributed by atoms with van der Waals surface area (Å²) in [4.78, 5) is 0. The molecule has 6 heteroatoms. The third kappa shape index (κ3) is 2.06. The van der Waals surface area contributed by atoms with Crippen molar-refractivity contribution in [1.82, 2.24) is 4.37 Å². The smallest absolute Gasteiger partial charge is 0.160 e. The van der Waals surface area contributed by atoms with E-state index in [1.807, 2.05) is 0 Å². The maximum Gasteiger partial charge on any atom is 0.160 e. The molecule has 0 radical (unpaired) electrons. The van der Waals surface area contributed by atoms with Gasteiger partial charge in [0.1, 0.15) is 5.84 Å². The van der Waals surface area contributed by atoms with E-state index in [-0.39, 0.29) is 18.2 Å². The lowest BCUT2D eigenvalue weighted by molar-refractivity contribution is 0.414. The Hall–Kier alpha value is -0.810. The second-order valence-electron chi connectivity index (χ2n) is 1.65.